The summed E-state index contributed by atoms with van der Waals surface area (Å²) in [5.41, 5.74) is 0.790. The van der Waals surface area contributed by atoms with Crippen LogP contribution in [0.5, 0.6) is 0 Å². The van der Waals surface area contributed by atoms with Crippen LogP contribution in [-0.4, -0.2) is 19.3 Å². The van der Waals surface area contributed by atoms with Crippen molar-refractivity contribution in [1.29, 1.82) is 0 Å². The van der Waals surface area contributed by atoms with Gasteiger partial charge in [-0.25, -0.2) is 4.39 Å². The number of nitrogens with one attached hydrogen (secondary N) is 1. The minimum absolute atomic E-state index is 0.00379. The van der Waals surface area contributed by atoms with Crippen LogP contribution in [0.25, 0.3) is 0 Å². The summed E-state index contributed by atoms with van der Waals surface area (Å²) in [6, 6.07) is 3.91. The van der Waals surface area contributed by atoms with E-state index in [0.717, 1.165) is 5.56 Å². The molecule has 0 saturated heterocycles. The third-order valence-corrected chi connectivity index (χ3v) is 3.40. The van der Waals surface area contributed by atoms with Crippen LogP contribution in [0.4, 0.5) is 17.6 Å². The van der Waals surface area contributed by atoms with E-state index in [0.29, 0.717) is 10.9 Å². The van der Waals surface area contributed by atoms with Gasteiger partial charge in [-0.05, 0) is 37.6 Å². The molecular weight excluding hydrogens is 314 g/mol. The van der Waals surface area contributed by atoms with Crippen LogP contribution in [0.1, 0.15) is 18.4 Å². The van der Waals surface area contributed by atoms with E-state index >= 15 is 0 Å². The lowest BCUT2D eigenvalue weighted by Gasteiger charge is -2.18. The highest BCUT2D eigenvalue weighted by molar-refractivity contribution is 9.10. The Bertz CT molecular complexity index is 392. The van der Waals surface area contributed by atoms with Gasteiger partial charge in [-0.2, -0.15) is 13.2 Å². The average Bonchev–Trinajstić information content (AvgIpc) is 2.25. The fraction of sp³-hybridized carbons (Fsp3) is 0.500. The number of hydrogen-bond donors (Lipinski definition) is 1. The zero-order valence-corrected chi connectivity index (χ0v) is 11.4. The summed E-state index contributed by atoms with van der Waals surface area (Å²) >= 11 is 3.21. The highest BCUT2D eigenvalue weighted by atomic mass is 79.9. The monoisotopic (exact) mass is 327 g/mol. The standard InChI is InChI=1S/C12H14BrF4N/c1-18-10(4-5-12(15,16)17)6-8-2-3-9(14)7-11(8)13/h2-3,7,10,18H,4-6H2,1H3. The summed E-state index contributed by atoms with van der Waals surface area (Å²) < 4.78 is 49.9. The number of alkyl halides is 3. The van der Waals surface area contributed by atoms with E-state index in [9.17, 15) is 17.6 Å². The van der Waals surface area contributed by atoms with Crippen LogP contribution in [0.3, 0.4) is 0 Å². The van der Waals surface area contributed by atoms with E-state index in [4.69, 9.17) is 0 Å². The van der Waals surface area contributed by atoms with Crippen molar-refractivity contribution in [3.63, 3.8) is 0 Å². The Hall–Kier alpha value is -0.620. The molecule has 0 aliphatic rings. The van der Waals surface area contributed by atoms with Crippen LogP contribution in [0, 0.1) is 5.82 Å². The molecule has 102 valence electrons. The van der Waals surface area contributed by atoms with Crippen molar-refractivity contribution in [3.8, 4) is 0 Å². The molecule has 0 heterocycles. The zero-order valence-electron chi connectivity index (χ0n) is 9.82. The number of benzene rings is 1. The molecule has 1 rings (SSSR count). The Morgan fingerprint density at radius 2 is 2.00 bits per heavy atom. The van der Waals surface area contributed by atoms with E-state index in [2.05, 4.69) is 21.2 Å². The predicted octanol–water partition coefficient (Wildman–Crippen LogP) is 4.06. The number of halogens is 5. The fourth-order valence-electron chi connectivity index (χ4n) is 1.64. The van der Waals surface area contributed by atoms with Gasteiger partial charge in [0.1, 0.15) is 5.82 Å². The maximum Gasteiger partial charge on any atom is 0.389 e. The highest BCUT2D eigenvalue weighted by Gasteiger charge is 2.28. The van der Waals surface area contributed by atoms with Crippen LogP contribution in [0.2, 0.25) is 0 Å². The molecule has 0 spiro atoms. The first-order valence-electron chi connectivity index (χ1n) is 5.50. The molecule has 0 aliphatic carbocycles. The second-order valence-corrected chi connectivity index (χ2v) is 4.93. The zero-order chi connectivity index (χ0) is 13.8. The Morgan fingerprint density at radius 3 is 2.50 bits per heavy atom. The molecule has 1 unspecified atom stereocenters. The molecule has 1 aromatic carbocycles. The molecule has 1 aromatic rings. The molecule has 0 saturated carbocycles. The van der Waals surface area contributed by atoms with Gasteiger partial charge in [0.2, 0.25) is 0 Å². The summed E-state index contributed by atoms with van der Waals surface area (Å²) in [6.07, 6.45) is -4.54. The third kappa shape index (κ3) is 5.35. The Labute approximate surface area is 112 Å². The number of likely N-dealkylation sites (N-methyl/N-ethyl adjacent to an activating group) is 1. The van der Waals surface area contributed by atoms with E-state index in [1.165, 1.54) is 12.1 Å². The van der Waals surface area contributed by atoms with Crippen molar-refractivity contribution in [2.45, 2.75) is 31.5 Å². The fourth-order valence-corrected chi connectivity index (χ4v) is 2.15. The molecule has 0 radical (unpaired) electrons. The molecule has 1 atom stereocenters. The van der Waals surface area contributed by atoms with Gasteiger partial charge >= 0.3 is 6.18 Å². The molecule has 0 aliphatic heterocycles. The van der Waals surface area contributed by atoms with E-state index in [1.54, 1.807) is 13.1 Å². The van der Waals surface area contributed by atoms with Crippen LogP contribution in [0.15, 0.2) is 22.7 Å². The summed E-state index contributed by atoms with van der Waals surface area (Å²) in [7, 11) is 1.62. The lowest BCUT2D eigenvalue weighted by atomic mass is 10.0. The molecule has 0 amide bonds. The summed E-state index contributed by atoms with van der Waals surface area (Å²) in [5, 5.41) is 2.85. The van der Waals surface area contributed by atoms with Gasteiger partial charge in [0.05, 0.1) is 0 Å². The Kier molecular flexibility index (Phi) is 5.59. The minimum Gasteiger partial charge on any atom is -0.317 e. The lowest BCUT2D eigenvalue weighted by molar-refractivity contribution is -0.136. The maximum absolute atomic E-state index is 12.9. The molecule has 0 bridgehead atoms. The minimum atomic E-state index is -4.14. The third-order valence-electron chi connectivity index (χ3n) is 2.67. The van der Waals surface area contributed by atoms with Gasteiger partial charge in [0.15, 0.2) is 0 Å². The van der Waals surface area contributed by atoms with E-state index in [-0.39, 0.29) is 18.3 Å². The SMILES string of the molecule is CNC(CCC(F)(F)F)Cc1ccc(F)cc1Br. The van der Waals surface area contributed by atoms with Crippen molar-refractivity contribution in [2.75, 3.05) is 7.05 Å². The van der Waals surface area contributed by atoms with Crippen LogP contribution >= 0.6 is 15.9 Å². The second-order valence-electron chi connectivity index (χ2n) is 4.08. The molecule has 0 fully saturated rings. The topological polar surface area (TPSA) is 12.0 Å². The number of hydrogen-bond acceptors (Lipinski definition) is 1. The van der Waals surface area contributed by atoms with Crippen LogP contribution < -0.4 is 5.32 Å². The summed E-state index contributed by atoms with van der Waals surface area (Å²) in [4.78, 5) is 0. The van der Waals surface area contributed by atoms with Gasteiger partial charge in [0.25, 0.3) is 0 Å². The maximum atomic E-state index is 12.9. The average molecular weight is 328 g/mol. The molecule has 1 N–H and O–H groups in total. The quantitative estimate of drug-likeness (QED) is 0.804. The van der Waals surface area contributed by atoms with E-state index in [1.807, 2.05) is 0 Å². The van der Waals surface area contributed by atoms with Gasteiger partial charge in [-0.15, -0.1) is 0 Å². The van der Waals surface area contributed by atoms with Gasteiger partial charge in [-0.1, -0.05) is 22.0 Å². The first-order valence-corrected chi connectivity index (χ1v) is 6.29. The molecule has 1 nitrogen and oxygen atoms in total. The largest absolute Gasteiger partial charge is 0.389 e. The predicted molar refractivity (Wildman–Crippen MR) is 65.9 cm³/mol. The van der Waals surface area contributed by atoms with Crippen molar-refractivity contribution in [2.24, 2.45) is 0 Å². The first kappa shape index (κ1) is 15.4. The van der Waals surface area contributed by atoms with Crippen molar-refractivity contribution < 1.29 is 17.6 Å². The summed E-state index contributed by atoms with van der Waals surface area (Å²) in [6.45, 7) is 0. The van der Waals surface area contributed by atoms with E-state index < -0.39 is 12.6 Å². The molecule has 0 aromatic heterocycles. The van der Waals surface area contributed by atoms with Crippen molar-refractivity contribution >= 4 is 15.9 Å². The van der Waals surface area contributed by atoms with Gasteiger partial charge in [-0.3, -0.25) is 0 Å². The van der Waals surface area contributed by atoms with Crippen LogP contribution in [-0.2, 0) is 6.42 Å². The Morgan fingerprint density at radius 1 is 1.33 bits per heavy atom. The first-order chi connectivity index (χ1) is 8.31. The smallest absolute Gasteiger partial charge is 0.317 e. The molecule has 18 heavy (non-hydrogen) atoms. The van der Waals surface area contributed by atoms with Crippen molar-refractivity contribution in [3.05, 3.63) is 34.1 Å². The normalized spacial score (nSPS) is 13.7. The molecule has 6 heteroatoms. The Balaban J connectivity index is 2.62. The summed E-state index contributed by atoms with van der Waals surface area (Å²) in [5.74, 6) is -0.373. The van der Waals surface area contributed by atoms with Gasteiger partial charge in [0, 0.05) is 16.9 Å². The van der Waals surface area contributed by atoms with Gasteiger partial charge < -0.3 is 5.32 Å². The van der Waals surface area contributed by atoms with Crippen molar-refractivity contribution in [1.82, 2.24) is 5.32 Å². The number of rotatable bonds is 5. The lowest BCUT2D eigenvalue weighted by Crippen LogP contribution is -2.29. The molecular formula is C12H14BrF4N. The highest BCUT2D eigenvalue weighted by Crippen LogP contribution is 2.25. The second kappa shape index (κ2) is 6.52.